The van der Waals surface area contributed by atoms with Crippen molar-refractivity contribution in [1.29, 1.82) is 0 Å². The molecule has 0 fully saturated rings. The Hall–Kier alpha value is -2.69. The van der Waals surface area contributed by atoms with Crippen molar-refractivity contribution in [1.82, 2.24) is 9.97 Å². The van der Waals surface area contributed by atoms with Crippen molar-refractivity contribution in [2.45, 2.75) is 6.92 Å². The molecule has 19 heavy (non-hydrogen) atoms. The maximum atomic E-state index is 10.7. The Bertz CT molecular complexity index is 676. The van der Waals surface area contributed by atoms with Crippen LogP contribution in [-0.2, 0) is 0 Å². The van der Waals surface area contributed by atoms with Gasteiger partial charge in [0.2, 0.25) is 0 Å². The molecule has 96 valence electrons. The number of anilines is 1. The van der Waals surface area contributed by atoms with Crippen LogP contribution >= 0.6 is 0 Å². The minimum absolute atomic E-state index is 0.457. The van der Waals surface area contributed by atoms with Crippen molar-refractivity contribution >= 4 is 23.1 Å². The minimum atomic E-state index is 0.457. The Morgan fingerprint density at radius 3 is 2.89 bits per heavy atom. The standard InChI is InChI=1S/C14H14N4O/c1-9(2)5-13(15)18-14-4-3-11-12(17-14)6-10(8-19)7-16-11/h3-8H,1,15H2,2H3,(H,17,18)/b13-5+. The SMILES string of the molecule is C=C(C)/C=C(\N)Nc1ccc2ncc(C=O)cc2n1. The van der Waals surface area contributed by atoms with Crippen LogP contribution in [0, 0.1) is 0 Å². The van der Waals surface area contributed by atoms with Gasteiger partial charge in [-0.05, 0) is 31.2 Å². The summed E-state index contributed by atoms with van der Waals surface area (Å²) in [7, 11) is 0. The molecule has 2 heterocycles. The van der Waals surface area contributed by atoms with E-state index < -0.39 is 0 Å². The Kier molecular flexibility index (Phi) is 3.56. The van der Waals surface area contributed by atoms with Crippen molar-refractivity contribution in [2.75, 3.05) is 5.32 Å². The fourth-order valence-corrected chi connectivity index (χ4v) is 1.61. The topological polar surface area (TPSA) is 80.9 Å². The minimum Gasteiger partial charge on any atom is -0.385 e. The molecule has 2 aromatic rings. The first-order valence-electron chi connectivity index (χ1n) is 5.70. The van der Waals surface area contributed by atoms with E-state index in [1.54, 1.807) is 18.2 Å². The van der Waals surface area contributed by atoms with Gasteiger partial charge in [-0.3, -0.25) is 9.78 Å². The zero-order chi connectivity index (χ0) is 13.8. The number of nitrogens with two attached hydrogens (primary N) is 1. The molecule has 0 atom stereocenters. The van der Waals surface area contributed by atoms with Gasteiger partial charge in [0.15, 0.2) is 6.29 Å². The Labute approximate surface area is 110 Å². The van der Waals surface area contributed by atoms with Crippen LogP contribution in [0.4, 0.5) is 5.82 Å². The summed E-state index contributed by atoms with van der Waals surface area (Å²) in [5.74, 6) is 1.05. The van der Waals surface area contributed by atoms with Crippen LogP contribution in [0.5, 0.6) is 0 Å². The van der Waals surface area contributed by atoms with Gasteiger partial charge >= 0.3 is 0 Å². The largest absolute Gasteiger partial charge is 0.385 e. The van der Waals surface area contributed by atoms with Gasteiger partial charge in [0.05, 0.1) is 11.0 Å². The number of aldehydes is 1. The highest BCUT2D eigenvalue weighted by Crippen LogP contribution is 2.14. The number of nitrogens with one attached hydrogen (secondary N) is 1. The van der Waals surface area contributed by atoms with Gasteiger partial charge in [-0.2, -0.15) is 0 Å². The molecule has 2 aromatic heterocycles. The van der Waals surface area contributed by atoms with Gasteiger partial charge in [0, 0.05) is 11.8 Å². The van der Waals surface area contributed by atoms with Crippen molar-refractivity contribution in [2.24, 2.45) is 5.73 Å². The molecule has 0 amide bonds. The number of carbonyl (C=O) groups is 1. The molecule has 0 aliphatic heterocycles. The molecule has 5 heteroatoms. The van der Waals surface area contributed by atoms with Crippen molar-refractivity contribution < 1.29 is 4.79 Å². The van der Waals surface area contributed by atoms with Gasteiger partial charge in [-0.1, -0.05) is 12.2 Å². The predicted molar refractivity (Wildman–Crippen MR) is 75.6 cm³/mol. The summed E-state index contributed by atoms with van der Waals surface area (Å²) in [4.78, 5) is 19.2. The molecule has 2 rings (SSSR count). The number of fused-ring (bicyclic) bond motifs is 1. The number of allylic oxidation sites excluding steroid dienone is 2. The van der Waals surface area contributed by atoms with Crippen LogP contribution in [0.3, 0.4) is 0 Å². The van der Waals surface area contributed by atoms with E-state index in [0.717, 1.165) is 17.4 Å². The van der Waals surface area contributed by atoms with E-state index in [0.29, 0.717) is 22.7 Å². The lowest BCUT2D eigenvalue weighted by Crippen LogP contribution is -2.10. The summed E-state index contributed by atoms with van der Waals surface area (Å²) in [6.45, 7) is 5.59. The third-order valence-corrected chi connectivity index (χ3v) is 2.37. The fraction of sp³-hybridized carbons (Fsp3) is 0.0714. The number of pyridine rings is 2. The molecular weight excluding hydrogens is 240 g/mol. The molecule has 0 saturated heterocycles. The summed E-state index contributed by atoms with van der Waals surface area (Å²) in [6, 6.07) is 5.27. The lowest BCUT2D eigenvalue weighted by Gasteiger charge is -2.06. The molecular formula is C14H14N4O. The number of nitrogens with zero attached hydrogens (tertiary/aromatic N) is 2. The molecule has 0 aromatic carbocycles. The quantitative estimate of drug-likeness (QED) is 0.646. The zero-order valence-corrected chi connectivity index (χ0v) is 10.6. The van der Waals surface area contributed by atoms with Crippen LogP contribution in [-0.4, -0.2) is 16.3 Å². The average Bonchev–Trinajstić information content (AvgIpc) is 2.36. The van der Waals surface area contributed by atoms with Crippen LogP contribution in [0.25, 0.3) is 11.0 Å². The number of aromatic nitrogens is 2. The van der Waals surface area contributed by atoms with E-state index in [1.807, 2.05) is 13.0 Å². The van der Waals surface area contributed by atoms with Gasteiger partial charge in [0.1, 0.15) is 11.6 Å². The van der Waals surface area contributed by atoms with E-state index >= 15 is 0 Å². The average molecular weight is 254 g/mol. The fourth-order valence-electron chi connectivity index (χ4n) is 1.61. The Morgan fingerprint density at radius 1 is 1.42 bits per heavy atom. The first-order chi connectivity index (χ1) is 9.08. The number of carbonyl (C=O) groups excluding carboxylic acids is 1. The van der Waals surface area contributed by atoms with Crippen LogP contribution in [0.15, 0.2) is 48.4 Å². The van der Waals surface area contributed by atoms with Crippen molar-refractivity contribution in [3.05, 3.63) is 54.0 Å². The summed E-state index contributed by atoms with van der Waals surface area (Å²) >= 11 is 0. The second kappa shape index (κ2) is 5.30. The van der Waals surface area contributed by atoms with E-state index in [9.17, 15) is 4.79 Å². The highest BCUT2D eigenvalue weighted by molar-refractivity contribution is 5.84. The predicted octanol–water partition coefficient (Wildman–Crippen LogP) is 2.23. The maximum absolute atomic E-state index is 10.7. The summed E-state index contributed by atoms with van der Waals surface area (Å²) in [5, 5.41) is 2.95. The van der Waals surface area contributed by atoms with E-state index in [-0.39, 0.29) is 0 Å². The van der Waals surface area contributed by atoms with Gasteiger partial charge in [-0.15, -0.1) is 0 Å². The monoisotopic (exact) mass is 254 g/mol. The van der Waals surface area contributed by atoms with Crippen LogP contribution < -0.4 is 11.1 Å². The van der Waals surface area contributed by atoms with E-state index in [2.05, 4.69) is 21.9 Å². The highest BCUT2D eigenvalue weighted by atomic mass is 16.1. The van der Waals surface area contributed by atoms with Gasteiger partial charge in [0.25, 0.3) is 0 Å². The first-order valence-corrected chi connectivity index (χ1v) is 5.70. The molecule has 0 radical (unpaired) electrons. The molecule has 0 aliphatic rings. The Balaban J connectivity index is 2.35. The number of rotatable bonds is 4. The molecule has 5 nitrogen and oxygen atoms in total. The van der Waals surface area contributed by atoms with Crippen LogP contribution in [0.1, 0.15) is 17.3 Å². The second-order valence-electron chi connectivity index (χ2n) is 4.19. The first kappa shape index (κ1) is 12.8. The molecule has 0 bridgehead atoms. The molecule has 0 aliphatic carbocycles. The second-order valence-corrected chi connectivity index (χ2v) is 4.19. The number of hydrogen-bond donors (Lipinski definition) is 2. The maximum Gasteiger partial charge on any atom is 0.151 e. The van der Waals surface area contributed by atoms with Crippen molar-refractivity contribution in [3.8, 4) is 0 Å². The normalized spacial score (nSPS) is 11.3. The third-order valence-electron chi connectivity index (χ3n) is 2.37. The summed E-state index contributed by atoms with van der Waals surface area (Å²) in [5.41, 5.74) is 8.47. The molecule has 0 unspecified atom stereocenters. The summed E-state index contributed by atoms with van der Waals surface area (Å²) in [6.07, 6.45) is 3.97. The van der Waals surface area contributed by atoms with E-state index in [1.165, 1.54) is 6.20 Å². The molecule has 0 spiro atoms. The summed E-state index contributed by atoms with van der Waals surface area (Å²) < 4.78 is 0. The number of hydrogen-bond acceptors (Lipinski definition) is 5. The van der Waals surface area contributed by atoms with Gasteiger partial charge in [-0.25, -0.2) is 4.98 Å². The zero-order valence-electron chi connectivity index (χ0n) is 10.6. The smallest absolute Gasteiger partial charge is 0.151 e. The van der Waals surface area contributed by atoms with E-state index in [4.69, 9.17) is 5.73 Å². The van der Waals surface area contributed by atoms with Crippen molar-refractivity contribution in [3.63, 3.8) is 0 Å². The van der Waals surface area contributed by atoms with Crippen LogP contribution in [0.2, 0.25) is 0 Å². The lowest BCUT2D eigenvalue weighted by atomic mass is 10.2. The molecule has 3 N–H and O–H groups in total. The lowest BCUT2D eigenvalue weighted by molar-refractivity contribution is 0.112. The molecule has 0 saturated carbocycles. The van der Waals surface area contributed by atoms with Gasteiger partial charge < -0.3 is 11.1 Å². The Morgan fingerprint density at radius 2 is 2.21 bits per heavy atom. The third kappa shape index (κ3) is 3.16. The highest BCUT2D eigenvalue weighted by Gasteiger charge is 2.01.